The number of nitrogens with zero attached hydrogens (tertiary/aromatic N) is 2. The number of rotatable bonds is 6. The molecule has 2 heterocycles. The van der Waals surface area contributed by atoms with E-state index in [1.165, 1.54) is 4.90 Å². The number of morpholine rings is 1. The highest BCUT2D eigenvalue weighted by Crippen LogP contribution is 2.20. The molecule has 1 aromatic heterocycles. The molecule has 1 aliphatic rings. The summed E-state index contributed by atoms with van der Waals surface area (Å²) in [7, 11) is 1.70. The van der Waals surface area contributed by atoms with Gasteiger partial charge >= 0.3 is 0 Å². The summed E-state index contributed by atoms with van der Waals surface area (Å²) >= 11 is 0. The Bertz CT molecular complexity index is 739. The molecule has 2 aromatic rings. The third-order valence-electron chi connectivity index (χ3n) is 4.35. The molecule has 0 aliphatic carbocycles. The van der Waals surface area contributed by atoms with Crippen LogP contribution in [0.4, 0.5) is 5.69 Å². The van der Waals surface area contributed by atoms with E-state index in [0.29, 0.717) is 43.3 Å². The van der Waals surface area contributed by atoms with Crippen molar-refractivity contribution in [1.82, 2.24) is 10.2 Å². The first-order chi connectivity index (χ1) is 12.6. The van der Waals surface area contributed by atoms with Gasteiger partial charge in [0.15, 0.2) is 0 Å². The van der Waals surface area contributed by atoms with Crippen LogP contribution in [0, 0.1) is 0 Å². The molecule has 1 fully saturated rings. The van der Waals surface area contributed by atoms with Gasteiger partial charge in [-0.05, 0) is 24.3 Å². The number of para-hydroxylation sites is 1. The smallest absolute Gasteiger partial charge is 0.253 e. The number of furan rings is 1. The molecular weight excluding hydrogens is 334 g/mol. The van der Waals surface area contributed by atoms with Gasteiger partial charge in [-0.15, -0.1) is 0 Å². The van der Waals surface area contributed by atoms with Gasteiger partial charge in [0.2, 0.25) is 5.91 Å². The molecule has 0 spiro atoms. The first-order valence-electron chi connectivity index (χ1n) is 8.61. The lowest BCUT2D eigenvalue weighted by molar-refractivity contribution is -0.120. The molecule has 1 aliphatic heterocycles. The van der Waals surface area contributed by atoms with Gasteiger partial charge in [-0.1, -0.05) is 12.1 Å². The molecule has 26 heavy (non-hydrogen) atoms. The average Bonchev–Trinajstić information content (AvgIpc) is 3.20. The van der Waals surface area contributed by atoms with E-state index < -0.39 is 0 Å². The molecule has 0 unspecified atom stereocenters. The number of carbonyl (C=O) groups is 2. The quantitative estimate of drug-likeness (QED) is 0.848. The Balaban J connectivity index is 1.66. The predicted molar refractivity (Wildman–Crippen MR) is 97.0 cm³/mol. The van der Waals surface area contributed by atoms with E-state index in [0.717, 1.165) is 13.1 Å². The van der Waals surface area contributed by atoms with Crippen LogP contribution < -0.4 is 10.2 Å². The van der Waals surface area contributed by atoms with Crippen molar-refractivity contribution in [3.8, 4) is 0 Å². The van der Waals surface area contributed by atoms with Crippen LogP contribution in [0.5, 0.6) is 0 Å². The van der Waals surface area contributed by atoms with Crippen molar-refractivity contribution in [2.45, 2.75) is 6.54 Å². The summed E-state index contributed by atoms with van der Waals surface area (Å²) in [5.74, 6) is 0.369. The van der Waals surface area contributed by atoms with Crippen molar-refractivity contribution in [2.75, 3.05) is 44.8 Å². The second-order valence-electron chi connectivity index (χ2n) is 6.12. The highest BCUT2D eigenvalue weighted by atomic mass is 16.5. The van der Waals surface area contributed by atoms with Gasteiger partial charge in [-0.3, -0.25) is 14.5 Å². The zero-order valence-electron chi connectivity index (χ0n) is 14.8. The molecule has 7 nitrogen and oxygen atoms in total. The van der Waals surface area contributed by atoms with E-state index in [2.05, 4.69) is 10.2 Å². The van der Waals surface area contributed by atoms with Crippen molar-refractivity contribution in [2.24, 2.45) is 0 Å². The molecule has 1 saturated heterocycles. The van der Waals surface area contributed by atoms with Crippen LogP contribution >= 0.6 is 0 Å². The Morgan fingerprint density at radius 2 is 1.92 bits per heavy atom. The van der Waals surface area contributed by atoms with Crippen LogP contribution in [0.3, 0.4) is 0 Å². The van der Waals surface area contributed by atoms with Crippen molar-refractivity contribution < 1.29 is 18.7 Å². The maximum Gasteiger partial charge on any atom is 0.253 e. The lowest BCUT2D eigenvalue weighted by Gasteiger charge is -2.28. The van der Waals surface area contributed by atoms with Crippen molar-refractivity contribution in [3.05, 3.63) is 54.0 Å². The van der Waals surface area contributed by atoms with Gasteiger partial charge in [0.1, 0.15) is 5.76 Å². The average molecular weight is 357 g/mol. The summed E-state index contributed by atoms with van der Waals surface area (Å²) in [4.78, 5) is 28.8. The summed E-state index contributed by atoms with van der Waals surface area (Å²) in [6, 6.07) is 10.7. The predicted octanol–water partition coefficient (Wildman–Crippen LogP) is 1.50. The van der Waals surface area contributed by atoms with Crippen molar-refractivity contribution in [3.63, 3.8) is 0 Å². The number of hydrogen-bond donors (Lipinski definition) is 1. The van der Waals surface area contributed by atoms with Gasteiger partial charge in [0.25, 0.3) is 5.91 Å². The Morgan fingerprint density at radius 1 is 1.15 bits per heavy atom. The first kappa shape index (κ1) is 18.2. The lowest BCUT2D eigenvalue weighted by atomic mass is 10.1. The fourth-order valence-corrected chi connectivity index (χ4v) is 2.82. The fraction of sp³-hybridized carbons (Fsp3) is 0.368. The second-order valence-corrected chi connectivity index (χ2v) is 6.12. The Morgan fingerprint density at radius 3 is 2.65 bits per heavy atom. The van der Waals surface area contributed by atoms with Crippen LogP contribution in [0.25, 0.3) is 0 Å². The van der Waals surface area contributed by atoms with E-state index in [1.807, 2.05) is 6.07 Å². The highest BCUT2D eigenvalue weighted by molar-refractivity contribution is 6.04. The number of benzene rings is 1. The normalized spacial score (nSPS) is 14.8. The largest absolute Gasteiger partial charge is 0.467 e. The zero-order chi connectivity index (χ0) is 18.4. The molecular formula is C19H23N3O4. The van der Waals surface area contributed by atoms with Gasteiger partial charge < -0.3 is 19.4 Å². The summed E-state index contributed by atoms with van der Waals surface area (Å²) < 4.78 is 10.5. The number of carbonyl (C=O) groups excluding carboxylic acids is 2. The maximum absolute atomic E-state index is 12.6. The van der Waals surface area contributed by atoms with E-state index >= 15 is 0 Å². The summed E-state index contributed by atoms with van der Waals surface area (Å²) in [6.07, 6.45) is 1.56. The van der Waals surface area contributed by atoms with Gasteiger partial charge in [-0.2, -0.15) is 0 Å². The molecule has 1 aromatic carbocycles. The molecule has 1 N–H and O–H groups in total. The molecule has 2 amide bonds. The Kier molecular flexibility index (Phi) is 6.04. The minimum atomic E-state index is -0.247. The van der Waals surface area contributed by atoms with Crippen LogP contribution in [0.1, 0.15) is 16.1 Å². The molecule has 0 saturated carbocycles. The minimum absolute atomic E-state index is 0.0572. The first-order valence-corrected chi connectivity index (χ1v) is 8.61. The molecule has 3 rings (SSSR count). The third-order valence-corrected chi connectivity index (χ3v) is 4.35. The summed E-state index contributed by atoms with van der Waals surface area (Å²) in [5.41, 5.74) is 1.04. The van der Waals surface area contributed by atoms with Crippen molar-refractivity contribution >= 4 is 17.5 Å². The van der Waals surface area contributed by atoms with Crippen molar-refractivity contribution in [1.29, 1.82) is 0 Å². The zero-order valence-corrected chi connectivity index (χ0v) is 14.8. The number of likely N-dealkylation sites (N-methyl/N-ethyl adjacent to an activating group) is 1. The van der Waals surface area contributed by atoms with E-state index in [4.69, 9.17) is 9.15 Å². The molecule has 138 valence electrons. The highest BCUT2D eigenvalue weighted by Gasteiger charge is 2.21. The van der Waals surface area contributed by atoms with Crippen LogP contribution in [-0.2, 0) is 16.1 Å². The maximum atomic E-state index is 12.6. The second kappa shape index (κ2) is 8.64. The summed E-state index contributed by atoms with van der Waals surface area (Å²) in [6.45, 7) is 3.37. The topological polar surface area (TPSA) is 75.0 Å². The number of anilines is 1. The third kappa shape index (κ3) is 4.50. The van der Waals surface area contributed by atoms with Gasteiger partial charge in [-0.25, -0.2) is 0 Å². The monoisotopic (exact) mass is 357 g/mol. The van der Waals surface area contributed by atoms with E-state index in [-0.39, 0.29) is 11.8 Å². The molecule has 0 bridgehead atoms. The van der Waals surface area contributed by atoms with Gasteiger partial charge in [0.05, 0.1) is 43.8 Å². The molecule has 0 atom stereocenters. The lowest BCUT2D eigenvalue weighted by Crippen LogP contribution is -2.44. The van der Waals surface area contributed by atoms with Crippen LogP contribution in [0.2, 0.25) is 0 Å². The number of nitrogens with one attached hydrogen (secondary N) is 1. The Hall–Kier alpha value is -2.64. The van der Waals surface area contributed by atoms with Gasteiger partial charge in [0, 0.05) is 20.1 Å². The molecule has 7 heteroatoms. The van der Waals surface area contributed by atoms with E-state index in [1.54, 1.807) is 43.6 Å². The van der Waals surface area contributed by atoms with Crippen LogP contribution in [-0.4, -0.2) is 56.6 Å². The summed E-state index contributed by atoms with van der Waals surface area (Å²) in [5, 5.41) is 2.82. The fourth-order valence-electron chi connectivity index (χ4n) is 2.82. The van der Waals surface area contributed by atoms with Crippen LogP contribution in [0.15, 0.2) is 47.1 Å². The standard InChI is InChI=1S/C19H23N3O4/c1-21(18(23)14-22-8-11-25-12-9-22)17-7-3-2-6-16(17)19(24)20-13-15-5-4-10-26-15/h2-7,10H,8-9,11-14H2,1H3,(H,20,24). The van der Waals surface area contributed by atoms with E-state index in [9.17, 15) is 9.59 Å². The molecule has 0 radical (unpaired) electrons. The minimum Gasteiger partial charge on any atom is -0.467 e. The Labute approximate surface area is 152 Å². The number of hydrogen-bond acceptors (Lipinski definition) is 5. The number of amides is 2. The number of ether oxygens (including phenoxy) is 1. The SMILES string of the molecule is CN(C(=O)CN1CCOCC1)c1ccccc1C(=O)NCc1ccco1.